The van der Waals surface area contributed by atoms with E-state index in [9.17, 15) is 8.42 Å². The van der Waals surface area contributed by atoms with Gasteiger partial charge < -0.3 is 4.74 Å². The van der Waals surface area contributed by atoms with Crippen molar-refractivity contribution in [3.8, 4) is 5.75 Å². The third kappa shape index (κ3) is 2.91. The maximum atomic E-state index is 13.5. The molecule has 0 aliphatic carbocycles. The van der Waals surface area contributed by atoms with Gasteiger partial charge in [-0.05, 0) is 61.1 Å². The molecule has 0 amide bonds. The number of methoxy groups -OCH3 is 1. The lowest BCUT2D eigenvalue weighted by Gasteiger charge is -2.26. The highest BCUT2D eigenvalue weighted by Crippen LogP contribution is 2.40. The fourth-order valence-corrected chi connectivity index (χ4v) is 5.54. The fraction of sp³-hybridized carbons (Fsp3) is 0.400. The molecule has 134 valence electrons. The molecule has 0 fully saturated rings. The maximum Gasteiger partial charge on any atom is 0.268 e. The molecule has 1 aliphatic rings. The summed E-state index contributed by atoms with van der Waals surface area (Å²) in [7, 11) is -2.19. The van der Waals surface area contributed by atoms with Crippen LogP contribution in [0.4, 0.5) is 5.69 Å². The molecule has 0 saturated carbocycles. The van der Waals surface area contributed by atoms with Crippen molar-refractivity contribution in [1.29, 1.82) is 0 Å². The van der Waals surface area contributed by atoms with Gasteiger partial charge in [-0.3, -0.25) is 4.31 Å². The number of hydrogen-bond acceptors (Lipinski definition) is 3. The third-order valence-corrected chi connectivity index (χ3v) is 6.81. The van der Waals surface area contributed by atoms with Gasteiger partial charge in [-0.1, -0.05) is 32.0 Å². The average molecular weight is 359 g/mol. The van der Waals surface area contributed by atoms with Crippen LogP contribution < -0.4 is 9.04 Å². The van der Waals surface area contributed by atoms with Crippen molar-refractivity contribution in [2.75, 3.05) is 11.4 Å². The highest BCUT2D eigenvalue weighted by Gasteiger charge is 2.37. The summed E-state index contributed by atoms with van der Waals surface area (Å²) >= 11 is 0. The number of aryl methyl sites for hydroxylation is 1. The number of nitrogens with zero attached hydrogens (tertiary/aromatic N) is 1. The number of sulfonamides is 1. The molecule has 0 spiro atoms. The van der Waals surface area contributed by atoms with Crippen molar-refractivity contribution in [3.63, 3.8) is 0 Å². The van der Waals surface area contributed by atoms with E-state index in [0.717, 1.165) is 28.8 Å². The minimum Gasteiger partial charge on any atom is -0.495 e. The number of anilines is 1. The summed E-state index contributed by atoms with van der Waals surface area (Å²) in [5.41, 5.74) is 3.90. The van der Waals surface area contributed by atoms with Crippen LogP contribution in [0.5, 0.6) is 5.75 Å². The first-order valence-electron chi connectivity index (χ1n) is 8.58. The number of benzene rings is 2. The lowest BCUT2D eigenvalue weighted by Crippen LogP contribution is -2.36. The van der Waals surface area contributed by atoms with Gasteiger partial charge in [0.05, 0.1) is 12.8 Å². The Morgan fingerprint density at radius 3 is 2.52 bits per heavy atom. The molecule has 0 N–H and O–H groups in total. The van der Waals surface area contributed by atoms with Crippen molar-refractivity contribution >= 4 is 15.7 Å². The van der Waals surface area contributed by atoms with Crippen molar-refractivity contribution in [2.24, 2.45) is 0 Å². The van der Waals surface area contributed by atoms with Gasteiger partial charge in [-0.2, -0.15) is 0 Å². The molecule has 0 radical (unpaired) electrons. The first-order chi connectivity index (χ1) is 11.8. The Labute approximate surface area is 150 Å². The van der Waals surface area contributed by atoms with E-state index in [4.69, 9.17) is 4.74 Å². The summed E-state index contributed by atoms with van der Waals surface area (Å²) in [6.45, 7) is 8.07. The lowest BCUT2D eigenvalue weighted by molar-refractivity contribution is 0.401. The largest absolute Gasteiger partial charge is 0.495 e. The van der Waals surface area contributed by atoms with Gasteiger partial charge in [0.15, 0.2) is 0 Å². The molecule has 0 bridgehead atoms. The molecule has 25 heavy (non-hydrogen) atoms. The van der Waals surface area contributed by atoms with Crippen molar-refractivity contribution < 1.29 is 13.2 Å². The van der Waals surface area contributed by atoms with Gasteiger partial charge in [0, 0.05) is 6.04 Å². The number of hydrogen-bond donors (Lipinski definition) is 0. The van der Waals surface area contributed by atoms with Crippen LogP contribution in [0, 0.1) is 6.92 Å². The Kier molecular flexibility index (Phi) is 4.54. The van der Waals surface area contributed by atoms with Crippen LogP contribution in [0.3, 0.4) is 0 Å². The molecule has 1 atom stereocenters. The maximum absolute atomic E-state index is 13.5. The van der Waals surface area contributed by atoms with Crippen LogP contribution in [-0.2, 0) is 16.4 Å². The van der Waals surface area contributed by atoms with E-state index in [1.807, 2.05) is 44.2 Å². The second kappa shape index (κ2) is 6.37. The summed E-state index contributed by atoms with van der Waals surface area (Å²) in [5.74, 6) is 0.640. The van der Waals surface area contributed by atoms with Crippen molar-refractivity contribution in [3.05, 3.63) is 53.1 Å². The van der Waals surface area contributed by atoms with Gasteiger partial charge in [0.1, 0.15) is 10.6 Å². The minimum atomic E-state index is -3.71. The Morgan fingerprint density at radius 1 is 1.20 bits per heavy atom. The van der Waals surface area contributed by atoms with Crippen LogP contribution in [0.2, 0.25) is 0 Å². The molecule has 1 aliphatic heterocycles. The Bertz CT molecular complexity index is 903. The van der Waals surface area contributed by atoms with E-state index in [2.05, 4.69) is 13.8 Å². The molecular weight excluding hydrogens is 334 g/mol. The SMILES string of the molecule is COc1cc(C)c(C(C)C)cc1S(=O)(=O)N1c2ccccc2CC1C. The Morgan fingerprint density at radius 2 is 1.88 bits per heavy atom. The lowest BCUT2D eigenvalue weighted by atomic mass is 9.98. The molecular formula is C20H25NO3S. The van der Waals surface area contributed by atoms with E-state index < -0.39 is 10.0 Å². The van der Waals surface area contributed by atoms with Crippen LogP contribution in [0.15, 0.2) is 41.3 Å². The predicted octanol–water partition coefficient (Wildman–Crippen LogP) is 4.27. The number of para-hydroxylation sites is 1. The smallest absolute Gasteiger partial charge is 0.268 e. The van der Waals surface area contributed by atoms with E-state index in [1.165, 1.54) is 7.11 Å². The summed E-state index contributed by atoms with van der Waals surface area (Å²) in [6, 6.07) is 11.2. The quantitative estimate of drug-likeness (QED) is 0.819. The second-order valence-corrected chi connectivity index (χ2v) is 8.78. The standard InChI is InChI=1S/C20H25NO3S/c1-13(2)17-12-20(19(24-5)10-14(17)3)25(22,23)21-15(4)11-16-8-6-7-9-18(16)21/h6-10,12-13,15H,11H2,1-5H3. The highest BCUT2D eigenvalue weighted by atomic mass is 32.2. The molecule has 4 nitrogen and oxygen atoms in total. The summed E-state index contributed by atoms with van der Waals surface area (Å²) in [6.07, 6.45) is 0.723. The Hall–Kier alpha value is -2.01. The molecule has 1 unspecified atom stereocenters. The molecule has 3 rings (SSSR count). The van der Waals surface area contributed by atoms with Crippen LogP contribution >= 0.6 is 0 Å². The zero-order chi connectivity index (χ0) is 18.4. The minimum absolute atomic E-state index is 0.115. The fourth-order valence-electron chi connectivity index (χ4n) is 3.67. The monoisotopic (exact) mass is 359 g/mol. The predicted molar refractivity (Wildman–Crippen MR) is 101 cm³/mol. The van der Waals surface area contributed by atoms with E-state index >= 15 is 0 Å². The third-order valence-electron chi connectivity index (χ3n) is 4.86. The molecule has 1 heterocycles. The van der Waals surface area contributed by atoms with Gasteiger partial charge in [-0.15, -0.1) is 0 Å². The van der Waals surface area contributed by atoms with Gasteiger partial charge in [-0.25, -0.2) is 8.42 Å². The van der Waals surface area contributed by atoms with Crippen LogP contribution in [0.1, 0.15) is 43.4 Å². The van der Waals surface area contributed by atoms with Crippen LogP contribution in [0.25, 0.3) is 0 Å². The van der Waals surface area contributed by atoms with Crippen molar-refractivity contribution in [1.82, 2.24) is 0 Å². The molecule has 2 aromatic carbocycles. The molecule has 0 aromatic heterocycles. The first-order valence-corrected chi connectivity index (χ1v) is 10.0. The van der Waals surface area contributed by atoms with E-state index in [0.29, 0.717) is 5.75 Å². The zero-order valence-electron chi connectivity index (χ0n) is 15.4. The van der Waals surface area contributed by atoms with Crippen LogP contribution in [-0.4, -0.2) is 21.6 Å². The average Bonchev–Trinajstić information content (AvgIpc) is 2.90. The van der Waals surface area contributed by atoms with E-state index in [-0.39, 0.29) is 16.9 Å². The molecule has 5 heteroatoms. The highest BCUT2D eigenvalue weighted by molar-refractivity contribution is 7.93. The summed E-state index contributed by atoms with van der Waals surface area (Å²) in [4.78, 5) is 0.243. The van der Waals surface area contributed by atoms with E-state index in [1.54, 1.807) is 10.4 Å². The zero-order valence-corrected chi connectivity index (χ0v) is 16.2. The summed E-state index contributed by atoms with van der Waals surface area (Å²) in [5, 5.41) is 0. The summed E-state index contributed by atoms with van der Waals surface area (Å²) < 4.78 is 34.0. The number of rotatable bonds is 4. The molecule has 2 aromatic rings. The number of ether oxygens (including phenoxy) is 1. The van der Waals surface area contributed by atoms with Gasteiger partial charge in [0.25, 0.3) is 10.0 Å². The van der Waals surface area contributed by atoms with Gasteiger partial charge in [0.2, 0.25) is 0 Å². The second-order valence-electron chi connectivity index (χ2n) is 7.00. The van der Waals surface area contributed by atoms with Crippen molar-refractivity contribution in [2.45, 2.75) is 51.0 Å². The number of fused-ring (bicyclic) bond motifs is 1. The molecule has 0 saturated heterocycles. The Balaban J connectivity index is 2.20. The normalized spacial score (nSPS) is 17.0. The first kappa shape index (κ1) is 17.8. The van der Waals surface area contributed by atoms with Gasteiger partial charge >= 0.3 is 0 Å². The topological polar surface area (TPSA) is 46.6 Å².